The van der Waals surface area contributed by atoms with Gasteiger partial charge in [0.1, 0.15) is 11.8 Å². The standard InChI is InChI=1S/C25H30N6O4/c1-17-6-3-7-18-14-21(25(32)26-22(17)18)23(24-27-28-29-31(24)10-13-33-2)30(15-19-8-4-11-34-19)16-20-9-5-12-35-20/h3-4,6-8,11,14,20,23H,5,9-10,12-13,15-16H2,1-2H3,(H,26,32)/t20-,23+/m1/s1. The van der Waals surface area contributed by atoms with E-state index in [2.05, 4.69) is 25.4 Å². The Morgan fingerprint density at radius 1 is 1.31 bits per heavy atom. The summed E-state index contributed by atoms with van der Waals surface area (Å²) in [6, 6.07) is 11.2. The van der Waals surface area contributed by atoms with Gasteiger partial charge in [0.25, 0.3) is 5.56 Å². The highest BCUT2D eigenvalue weighted by molar-refractivity contribution is 5.82. The van der Waals surface area contributed by atoms with Crippen LogP contribution in [0.5, 0.6) is 0 Å². The molecule has 1 saturated heterocycles. The van der Waals surface area contributed by atoms with Gasteiger partial charge in [-0.15, -0.1) is 5.10 Å². The largest absolute Gasteiger partial charge is 0.468 e. The Morgan fingerprint density at radius 3 is 3.00 bits per heavy atom. The second kappa shape index (κ2) is 10.5. The average Bonchev–Trinajstić information content (AvgIpc) is 3.63. The number of nitrogens with one attached hydrogen (secondary N) is 1. The highest BCUT2D eigenvalue weighted by Crippen LogP contribution is 2.30. The summed E-state index contributed by atoms with van der Waals surface area (Å²) in [5, 5.41) is 13.5. The Balaban J connectivity index is 1.65. The normalized spacial score (nSPS) is 16.9. The predicted molar refractivity (Wildman–Crippen MR) is 129 cm³/mol. The molecular weight excluding hydrogens is 448 g/mol. The summed E-state index contributed by atoms with van der Waals surface area (Å²) in [7, 11) is 1.64. The minimum Gasteiger partial charge on any atom is -0.468 e. The molecule has 10 nitrogen and oxygen atoms in total. The van der Waals surface area contributed by atoms with Gasteiger partial charge in [0.15, 0.2) is 5.82 Å². The fourth-order valence-electron chi connectivity index (χ4n) is 4.76. The summed E-state index contributed by atoms with van der Waals surface area (Å²) in [6.07, 6.45) is 3.69. The first kappa shape index (κ1) is 23.4. The van der Waals surface area contributed by atoms with E-state index in [9.17, 15) is 4.79 Å². The lowest BCUT2D eigenvalue weighted by Gasteiger charge is -2.32. The molecule has 3 aromatic heterocycles. The summed E-state index contributed by atoms with van der Waals surface area (Å²) < 4.78 is 18.7. The summed E-state index contributed by atoms with van der Waals surface area (Å²) >= 11 is 0. The van der Waals surface area contributed by atoms with Crippen LogP contribution in [0.3, 0.4) is 0 Å². The molecule has 184 valence electrons. The van der Waals surface area contributed by atoms with Crippen molar-refractivity contribution in [2.24, 2.45) is 0 Å². The summed E-state index contributed by atoms with van der Waals surface area (Å²) in [6.45, 7) is 4.72. The van der Waals surface area contributed by atoms with Crippen LogP contribution in [0.15, 0.2) is 51.9 Å². The third kappa shape index (κ3) is 5.04. The monoisotopic (exact) mass is 478 g/mol. The van der Waals surface area contributed by atoms with Crippen LogP contribution in [0.25, 0.3) is 10.9 Å². The molecule has 35 heavy (non-hydrogen) atoms. The van der Waals surface area contributed by atoms with E-state index in [1.807, 2.05) is 43.3 Å². The smallest absolute Gasteiger partial charge is 0.253 e. The van der Waals surface area contributed by atoms with Crippen molar-refractivity contribution in [1.82, 2.24) is 30.1 Å². The number of aromatic amines is 1. The van der Waals surface area contributed by atoms with Gasteiger partial charge in [0.2, 0.25) is 0 Å². The molecular formula is C25H30N6O4. The number of tetrazole rings is 1. The highest BCUT2D eigenvalue weighted by atomic mass is 16.5. The average molecular weight is 479 g/mol. The summed E-state index contributed by atoms with van der Waals surface area (Å²) in [5.74, 6) is 1.36. The fraction of sp³-hybridized carbons (Fsp3) is 0.440. The molecule has 0 unspecified atom stereocenters. The number of nitrogens with zero attached hydrogens (tertiary/aromatic N) is 5. The Kier molecular flexibility index (Phi) is 7.03. The number of pyridine rings is 1. The zero-order valence-electron chi connectivity index (χ0n) is 20.0. The number of ether oxygens (including phenoxy) is 2. The minimum atomic E-state index is -0.523. The SMILES string of the molecule is COCCn1nnnc1[C@H](c1cc2cccc(C)c2[nH]c1=O)N(Cc1ccco1)C[C@H]1CCCO1. The zero-order valence-corrected chi connectivity index (χ0v) is 20.0. The molecule has 4 heterocycles. The number of hydrogen-bond donors (Lipinski definition) is 1. The van der Waals surface area contributed by atoms with Crippen molar-refractivity contribution in [2.75, 3.05) is 26.9 Å². The van der Waals surface area contributed by atoms with Crippen molar-refractivity contribution in [3.8, 4) is 0 Å². The van der Waals surface area contributed by atoms with E-state index >= 15 is 0 Å². The number of methoxy groups -OCH3 is 1. The first-order valence-corrected chi connectivity index (χ1v) is 11.9. The van der Waals surface area contributed by atoms with Crippen LogP contribution in [0, 0.1) is 6.92 Å². The Bertz CT molecular complexity index is 1310. The number of furan rings is 1. The molecule has 2 atom stereocenters. The van der Waals surface area contributed by atoms with Crippen LogP contribution < -0.4 is 5.56 Å². The van der Waals surface area contributed by atoms with Gasteiger partial charge in [0.05, 0.1) is 37.6 Å². The molecule has 1 fully saturated rings. The molecule has 0 radical (unpaired) electrons. The van der Waals surface area contributed by atoms with Crippen molar-refractivity contribution in [3.05, 3.63) is 75.7 Å². The summed E-state index contributed by atoms with van der Waals surface area (Å²) in [4.78, 5) is 18.8. The van der Waals surface area contributed by atoms with E-state index in [1.54, 1.807) is 18.1 Å². The molecule has 10 heteroatoms. The van der Waals surface area contributed by atoms with Crippen LogP contribution in [-0.4, -0.2) is 63.1 Å². The number of aryl methyl sites for hydroxylation is 1. The van der Waals surface area contributed by atoms with Crippen LogP contribution in [0.1, 0.15) is 41.6 Å². The lowest BCUT2D eigenvalue weighted by molar-refractivity contribution is 0.0541. The van der Waals surface area contributed by atoms with Crippen LogP contribution in [0.2, 0.25) is 0 Å². The molecule has 0 aliphatic carbocycles. The lowest BCUT2D eigenvalue weighted by Crippen LogP contribution is -2.39. The third-order valence-electron chi connectivity index (χ3n) is 6.49. The highest BCUT2D eigenvalue weighted by Gasteiger charge is 2.33. The topological polar surface area (TPSA) is 111 Å². The number of H-pyrrole nitrogens is 1. The van der Waals surface area contributed by atoms with E-state index in [4.69, 9.17) is 13.9 Å². The third-order valence-corrected chi connectivity index (χ3v) is 6.49. The predicted octanol–water partition coefficient (Wildman–Crippen LogP) is 2.83. The second-order valence-electron chi connectivity index (χ2n) is 8.89. The first-order valence-electron chi connectivity index (χ1n) is 11.9. The molecule has 0 spiro atoms. The van der Waals surface area contributed by atoms with Gasteiger partial charge in [-0.25, -0.2) is 4.68 Å². The number of fused-ring (bicyclic) bond motifs is 1. The fourth-order valence-corrected chi connectivity index (χ4v) is 4.76. The zero-order chi connectivity index (χ0) is 24.2. The lowest BCUT2D eigenvalue weighted by atomic mass is 10.0. The van der Waals surface area contributed by atoms with Gasteiger partial charge in [-0.3, -0.25) is 9.69 Å². The Morgan fingerprint density at radius 2 is 2.23 bits per heavy atom. The number of benzene rings is 1. The molecule has 1 aliphatic rings. The van der Waals surface area contributed by atoms with Crippen molar-refractivity contribution in [2.45, 2.75) is 45.0 Å². The molecule has 4 aromatic rings. The molecule has 1 aliphatic heterocycles. The molecule has 1 N–H and O–H groups in total. The second-order valence-corrected chi connectivity index (χ2v) is 8.89. The van der Waals surface area contributed by atoms with Gasteiger partial charge < -0.3 is 18.9 Å². The van der Waals surface area contributed by atoms with Crippen molar-refractivity contribution in [1.29, 1.82) is 0 Å². The quantitative estimate of drug-likeness (QED) is 0.370. The maximum Gasteiger partial charge on any atom is 0.253 e. The van der Waals surface area contributed by atoms with E-state index in [1.165, 1.54) is 0 Å². The van der Waals surface area contributed by atoms with Gasteiger partial charge >= 0.3 is 0 Å². The van der Waals surface area contributed by atoms with Crippen LogP contribution in [0.4, 0.5) is 0 Å². The van der Waals surface area contributed by atoms with E-state index < -0.39 is 6.04 Å². The van der Waals surface area contributed by atoms with Gasteiger partial charge in [0, 0.05) is 25.8 Å². The molecule has 0 saturated carbocycles. The van der Waals surface area contributed by atoms with E-state index in [-0.39, 0.29) is 11.7 Å². The minimum absolute atomic E-state index is 0.0533. The van der Waals surface area contributed by atoms with Crippen molar-refractivity contribution >= 4 is 10.9 Å². The Labute approximate surface area is 202 Å². The van der Waals surface area contributed by atoms with Gasteiger partial charge in [-0.2, -0.15) is 0 Å². The molecule has 0 bridgehead atoms. The molecule has 0 amide bonds. The van der Waals surface area contributed by atoms with Crippen LogP contribution >= 0.6 is 0 Å². The number of para-hydroxylation sites is 1. The number of rotatable bonds is 10. The maximum atomic E-state index is 13.6. The van der Waals surface area contributed by atoms with Gasteiger partial charge in [-0.05, 0) is 59.3 Å². The summed E-state index contributed by atoms with van der Waals surface area (Å²) in [5.41, 5.74) is 2.24. The van der Waals surface area contributed by atoms with Crippen molar-refractivity contribution in [3.63, 3.8) is 0 Å². The number of aromatic nitrogens is 5. The molecule has 5 rings (SSSR count). The van der Waals surface area contributed by atoms with Crippen molar-refractivity contribution < 1.29 is 13.9 Å². The molecule has 1 aromatic carbocycles. The Hall–Kier alpha value is -3.34. The number of hydrogen-bond acceptors (Lipinski definition) is 8. The van der Waals surface area contributed by atoms with Crippen LogP contribution in [-0.2, 0) is 22.6 Å². The van der Waals surface area contributed by atoms with E-state index in [0.29, 0.717) is 37.6 Å². The van der Waals surface area contributed by atoms with E-state index in [0.717, 1.165) is 41.7 Å². The first-order chi connectivity index (χ1) is 17.1. The van der Waals surface area contributed by atoms with Gasteiger partial charge in [-0.1, -0.05) is 18.2 Å². The maximum absolute atomic E-state index is 13.6.